The van der Waals surface area contributed by atoms with Gasteiger partial charge in [-0.2, -0.15) is 0 Å². The van der Waals surface area contributed by atoms with E-state index in [4.69, 9.17) is 16.7 Å². The molecule has 0 aliphatic rings. The van der Waals surface area contributed by atoms with Crippen molar-refractivity contribution in [3.8, 4) is 0 Å². The Hall–Kier alpha value is -0.570. The summed E-state index contributed by atoms with van der Waals surface area (Å²) in [6, 6.07) is 7.21. The van der Waals surface area contributed by atoms with E-state index >= 15 is 0 Å². The highest BCUT2D eigenvalue weighted by Crippen LogP contribution is 2.16. The van der Waals surface area contributed by atoms with Gasteiger partial charge in [-0.05, 0) is 24.6 Å². The molecule has 2 nitrogen and oxygen atoms in total. The molecule has 0 bridgehead atoms. The molecule has 0 aliphatic heterocycles. The molecule has 0 fully saturated rings. The third kappa shape index (κ3) is 2.89. The summed E-state index contributed by atoms with van der Waals surface area (Å²) in [6.07, 6.45) is -0.432. The van der Waals surface area contributed by atoms with E-state index < -0.39 is 6.10 Å². The summed E-state index contributed by atoms with van der Waals surface area (Å²) >= 11 is 5.68. The fourth-order valence-corrected chi connectivity index (χ4v) is 0.965. The molecular formula is C8H11ClO2. The van der Waals surface area contributed by atoms with Crippen LogP contribution in [-0.4, -0.2) is 10.6 Å². The van der Waals surface area contributed by atoms with E-state index in [1.54, 1.807) is 19.1 Å². The average Bonchev–Trinajstić information content (AvgIpc) is 1.88. The molecule has 0 amide bonds. The van der Waals surface area contributed by atoms with Gasteiger partial charge < -0.3 is 10.6 Å². The molecule has 0 aromatic heterocycles. The Morgan fingerprint density at radius 2 is 2.09 bits per heavy atom. The van der Waals surface area contributed by atoms with Crippen LogP contribution in [0.5, 0.6) is 0 Å². The fraction of sp³-hybridized carbons (Fsp3) is 0.250. The van der Waals surface area contributed by atoms with E-state index in [0.717, 1.165) is 5.56 Å². The largest absolute Gasteiger partial charge is 0.412 e. The van der Waals surface area contributed by atoms with Crippen molar-refractivity contribution in [1.82, 2.24) is 0 Å². The number of aliphatic hydroxyl groups is 1. The predicted molar refractivity (Wildman–Crippen MR) is 45.7 cm³/mol. The van der Waals surface area contributed by atoms with E-state index in [0.29, 0.717) is 5.02 Å². The van der Waals surface area contributed by atoms with Crippen molar-refractivity contribution in [1.29, 1.82) is 0 Å². The maximum absolute atomic E-state index is 9.09. The minimum Gasteiger partial charge on any atom is -0.412 e. The van der Waals surface area contributed by atoms with E-state index in [-0.39, 0.29) is 5.48 Å². The van der Waals surface area contributed by atoms with Crippen LogP contribution < -0.4 is 0 Å². The monoisotopic (exact) mass is 174 g/mol. The van der Waals surface area contributed by atoms with Crippen LogP contribution in [0.4, 0.5) is 0 Å². The Kier molecular flexibility index (Phi) is 4.11. The number of halogens is 1. The van der Waals surface area contributed by atoms with Crippen molar-refractivity contribution in [2.45, 2.75) is 13.0 Å². The maximum atomic E-state index is 9.09. The van der Waals surface area contributed by atoms with E-state index in [1.165, 1.54) is 0 Å². The third-order valence-corrected chi connectivity index (χ3v) is 1.57. The first kappa shape index (κ1) is 10.4. The Balaban J connectivity index is 0.000001000. The van der Waals surface area contributed by atoms with Crippen LogP contribution in [0.25, 0.3) is 0 Å². The van der Waals surface area contributed by atoms with Crippen molar-refractivity contribution >= 4 is 11.6 Å². The lowest BCUT2D eigenvalue weighted by Crippen LogP contribution is -1.88. The van der Waals surface area contributed by atoms with Gasteiger partial charge in [-0.3, -0.25) is 0 Å². The van der Waals surface area contributed by atoms with Gasteiger partial charge in [0.15, 0.2) is 0 Å². The summed E-state index contributed by atoms with van der Waals surface area (Å²) in [6.45, 7) is 1.71. The summed E-state index contributed by atoms with van der Waals surface area (Å²) in [4.78, 5) is 0. The van der Waals surface area contributed by atoms with Gasteiger partial charge in [0.05, 0.1) is 6.10 Å². The lowest BCUT2D eigenvalue weighted by molar-refractivity contribution is 0.199. The molecule has 1 aromatic rings. The molecule has 0 saturated heterocycles. The molecule has 0 spiro atoms. The average molecular weight is 175 g/mol. The van der Waals surface area contributed by atoms with Gasteiger partial charge in [0.2, 0.25) is 0 Å². The topological polar surface area (TPSA) is 51.7 Å². The van der Waals surface area contributed by atoms with Crippen molar-refractivity contribution in [3.05, 3.63) is 34.9 Å². The Morgan fingerprint density at radius 3 is 2.45 bits per heavy atom. The highest BCUT2D eigenvalue weighted by molar-refractivity contribution is 6.30. The summed E-state index contributed by atoms with van der Waals surface area (Å²) < 4.78 is 0. The molecule has 0 saturated carbocycles. The van der Waals surface area contributed by atoms with E-state index in [2.05, 4.69) is 0 Å². The van der Waals surface area contributed by atoms with Crippen molar-refractivity contribution in [2.24, 2.45) is 0 Å². The smallest absolute Gasteiger partial charge is 0.0762 e. The number of hydrogen-bond donors (Lipinski definition) is 1. The van der Waals surface area contributed by atoms with Gasteiger partial charge in [0, 0.05) is 5.02 Å². The van der Waals surface area contributed by atoms with Crippen LogP contribution in [0.1, 0.15) is 18.6 Å². The number of rotatable bonds is 1. The van der Waals surface area contributed by atoms with Crippen LogP contribution in [0.15, 0.2) is 24.3 Å². The lowest BCUT2D eigenvalue weighted by Gasteiger charge is -2.02. The first-order valence-corrected chi connectivity index (χ1v) is 3.51. The van der Waals surface area contributed by atoms with Gasteiger partial charge in [-0.15, -0.1) is 0 Å². The highest BCUT2D eigenvalue weighted by atomic mass is 35.5. The van der Waals surface area contributed by atoms with Gasteiger partial charge in [0.1, 0.15) is 0 Å². The predicted octanol–water partition coefficient (Wildman–Crippen LogP) is 1.57. The van der Waals surface area contributed by atoms with E-state index in [1.807, 2.05) is 12.1 Å². The first-order chi connectivity index (χ1) is 4.70. The second kappa shape index (κ2) is 4.34. The third-order valence-electron chi connectivity index (χ3n) is 1.33. The Labute approximate surface area is 70.7 Å². The highest BCUT2D eigenvalue weighted by Gasteiger charge is 1.98. The summed E-state index contributed by atoms with van der Waals surface area (Å²) in [5.41, 5.74) is 0.854. The molecule has 62 valence electrons. The zero-order valence-corrected chi connectivity index (χ0v) is 6.97. The minimum absolute atomic E-state index is 0. The van der Waals surface area contributed by atoms with Gasteiger partial charge in [-0.25, -0.2) is 0 Å². The molecule has 1 unspecified atom stereocenters. The summed E-state index contributed by atoms with van der Waals surface area (Å²) in [5, 5.41) is 9.75. The summed E-state index contributed by atoms with van der Waals surface area (Å²) in [5.74, 6) is 0. The van der Waals surface area contributed by atoms with Crippen molar-refractivity contribution < 1.29 is 10.6 Å². The molecule has 3 N–H and O–H groups in total. The van der Waals surface area contributed by atoms with Crippen LogP contribution >= 0.6 is 11.6 Å². The molecule has 11 heavy (non-hydrogen) atoms. The SMILES string of the molecule is CC(O)c1cccc(Cl)c1.O. The minimum atomic E-state index is -0.432. The first-order valence-electron chi connectivity index (χ1n) is 3.13. The van der Waals surface area contributed by atoms with Crippen LogP contribution in [0.2, 0.25) is 5.02 Å². The van der Waals surface area contributed by atoms with Crippen LogP contribution in [0, 0.1) is 0 Å². The lowest BCUT2D eigenvalue weighted by atomic mass is 10.1. The van der Waals surface area contributed by atoms with Gasteiger partial charge in [0.25, 0.3) is 0 Å². The molecule has 3 heteroatoms. The molecule has 0 radical (unpaired) electrons. The molecule has 0 aliphatic carbocycles. The standard InChI is InChI=1S/C8H9ClO.H2O/c1-6(10)7-3-2-4-8(9)5-7;/h2-6,10H,1H3;1H2. The quantitative estimate of drug-likeness (QED) is 0.691. The molecule has 0 heterocycles. The van der Waals surface area contributed by atoms with Crippen LogP contribution in [-0.2, 0) is 0 Å². The van der Waals surface area contributed by atoms with E-state index in [9.17, 15) is 0 Å². The Morgan fingerprint density at radius 1 is 1.45 bits per heavy atom. The zero-order chi connectivity index (χ0) is 7.56. The fourth-order valence-electron chi connectivity index (χ4n) is 0.766. The Bertz CT molecular complexity index is 223. The van der Waals surface area contributed by atoms with Gasteiger partial charge in [-0.1, -0.05) is 23.7 Å². The summed E-state index contributed by atoms with van der Waals surface area (Å²) in [7, 11) is 0. The number of aliphatic hydroxyl groups excluding tert-OH is 1. The normalized spacial score (nSPS) is 11.9. The molecule has 1 rings (SSSR count). The molecule has 1 aromatic carbocycles. The second-order valence-electron chi connectivity index (χ2n) is 2.23. The van der Waals surface area contributed by atoms with Crippen molar-refractivity contribution in [3.63, 3.8) is 0 Å². The van der Waals surface area contributed by atoms with Gasteiger partial charge >= 0.3 is 0 Å². The van der Waals surface area contributed by atoms with Crippen LogP contribution in [0.3, 0.4) is 0 Å². The number of benzene rings is 1. The molecular weight excluding hydrogens is 164 g/mol. The van der Waals surface area contributed by atoms with Crippen molar-refractivity contribution in [2.75, 3.05) is 0 Å². The second-order valence-corrected chi connectivity index (χ2v) is 2.67. The molecule has 1 atom stereocenters. The zero-order valence-electron chi connectivity index (χ0n) is 6.21. The maximum Gasteiger partial charge on any atom is 0.0762 e. The number of hydrogen-bond acceptors (Lipinski definition) is 1.